The van der Waals surface area contributed by atoms with Crippen molar-refractivity contribution in [2.24, 2.45) is 0 Å². The van der Waals surface area contributed by atoms with E-state index in [0.717, 1.165) is 5.69 Å². The fraction of sp³-hybridized carbons (Fsp3) is 0.522. The van der Waals surface area contributed by atoms with Crippen molar-refractivity contribution in [2.75, 3.05) is 0 Å². The van der Waals surface area contributed by atoms with Crippen molar-refractivity contribution in [1.82, 2.24) is 4.98 Å². The van der Waals surface area contributed by atoms with E-state index in [-0.39, 0.29) is 0 Å². The topological polar surface area (TPSA) is 12.9 Å². The zero-order valence-electron chi connectivity index (χ0n) is 15.3. The van der Waals surface area contributed by atoms with Gasteiger partial charge >= 0.3 is 0 Å². The van der Waals surface area contributed by atoms with Gasteiger partial charge in [0.25, 0.3) is 0 Å². The summed E-state index contributed by atoms with van der Waals surface area (Å²) in [5.41, 5.74) is 3.72. The predicted octanol–water partition coefficient (Wildman–Crippen LogP) is 7.21. The molecule has 0 saturated carbocycles. The maximum atomic E-state index is 4.41. The minimum absolute atomic E-state index is 1.06. The van der Waals surface area contributed by atoms with Gasteiger partial charge in [-0.2, -0.15) is 0 Å². The van der Waals surface area contributed by atoms with Gasteiger partial charge in [-0.25, -0.2) is 0 Å². The molecule has 0 unspecified atom stereocenters. The molecular weight excluding hydrogens is 290 g/mol. The van der Waals surface area contributed by atoms with Crippen LogP contribution in [0.5, 0.6) is 0 Å². The fourth-order valence-corrected chi connectivity index (χ4v) is 3.19. The van der Waals surface area contributed by atoms with Crippen molar-refractivity contribution < 1.29 is 0 Å². The van der Waals surface area contributed by atoms with Gasteiger partial charge in [0.2, 0.25) is 0 Å². The highest BCUT2D eigenvalue weighted by Crippen LogP contribution is 2.18. The Kier molecular flexibility index (Phi) is 9.23. The smallest absolute Gasteiger partial charge is 0.0701 e. The molecule has 1 aromatic carbocycles. The lowest BCUT2D eigenvalue weighted by molar-refractivity contribution is 0.556. The van der Waals surface area contributed by atoms with Gasteiger partial charge in [0.1, 0.15) is 0 Å². The first-order chi connectivity index (χ1) is 11.9. The molecule has 0 radical (unpaired) electrons. The molecule has 2 rings (SSSR count). The number of aromatic nitrogens is 1. The lowest BCUT2D eigenvalue weighted by atomic mass is 10.0. The number of nitrogens with zero attached hydrogens (tertiary/aromatic N) is 1. The molecule has 1 nitrogen and oxygen atoms in total. The standard InChI is InChI=1S/C23H33N/c1-2-3-4-5-6-7-8-9-10-11-14-21-16-18-22(19-17-21)23-15-12-13-20-24-23/h12-13,15-20H,2-11,14H2,1H3. The van der Waals surface area contributed by atoms with Gasteiger partial charge in [0.05, 0.1) is 5.69 Å². The number of benzene rings is 1. The summed E-state index contributed by atoms with van der Waals surface area (Å²) < 4.78 is 0. The summed E-state index contributed by atoms with van der Waals surface area (Å²) in [5, 5.41) is 0. The number of hydrogen-bond donors (Lipinski definition) is 0. The van der Waals surface area contributed by atoms with E-state index in [4.69, 9.17) is 0 Å². The van der Waals surface area contributed by atoms with Crippen molar-refractivity contribution >= 4 is 0 Å². The summed E-state index contributed by atoms with van der Waals surface area (Å²) in [7, 11) is 0. The van der Waals surface area contributed by atoms with Gasteiger partial charge < -0.3 is 0 Å². The molecule has 0 N–H and O–H groups in total. The first-order valence-electron chi connectivity index (χ1n) is 9.90. The number of unbranched alkanes of at least 4 members (excludes halogenated alkanes) is 9. The Morgan fingerprint density at radius 2 is 1.29 bits per heavy atom. The molecule has 0 aliphatic carbocycles. The van der Waals surface area contributed by atoms with Crippen LogP contribution in [0.15, 0.2) is 48.7 Å². The van der Waals surface area contributed by atoms with Crippen LogP contribution in [0, 0.1) is 0 Å². The molecule has 2 aromatic rings. The molecule has 0 spiro atoms. The largest absolute Gasteiger partial charge is 0.256 e. The summed E-state index contributed by atoms with van der Waals surface area (Å²) in [6.45, 7) is 2.28. The maximum Gasteiger partial charge on any atom is 0.0701 e. The lowest BCUT2D eigenvalue weighted by Crippen LogP contribution is -1.88. The number of hydrogen-bond acceptors (Lipinski definition) is 1. The number of rotatable bonds is 12. The molecule has 0 saturated heterocycles. The summed E-state index contributed by atoms with van der Waals surface area (Å²) in [5.74, 6) is 0. The molecular formula is C23H33N. The molecule has 0 fully saturated rings. The second kappa shape index (κ2) is 11.8. The zero-order chi connectivity index (χ0) is 16.9. The molecule has 0 amide bonds. The van der Waals surface area contributed by atoms with Gasteiger partial charge in [0, 0.05) is 11.8 Å². The molecule has 0 aliphatic heterocycles. The zero-order valence-corrected chi connectivity index (χ0v) is 15.3. The first kappa shape index (κ1) is 18.7. The van der Waals surface area contributed by atoms with E-state index in [9.17, 15) is 0 Å². The minimum Gasteiger partial charge on any atom is -0.256 e. The summed E-state index contributed by atoms with van der Waals surface area (Å²) in [6, 6.07) is 15.0. The highest BCUT2D eigenvalue weighted by Gasteiger charge is 1.99. The van der Waals surface area contributed by atoms with Gasteiger partial charge in [-0.1, -0.05) is 95.0 Å². The number of aryl methyl sites for hydroxylation is 1. The second-order valence-corrected chi connectivity index (χ2v) is 6.84. The Morgan fingerprint density at radius 1 is 0.667 bits per heavy atom. The minimum atomic E-state index is 1.06. The van der Waals surface area contributed by atoms with E-state index < -0.39 is 0 Å². The third-order valence-corrected chi connectivity index (χ3v) is 4.73. The van der Waals surface area contributed by atoms with Crippen LogP contribution in [-0.2, 0) is 6.42 Å². The molecule has 0 aliphatic rings. The van der Waals surface area contributed by atoms with Crippen LogP contribution in [0.25, 0.3) is 11.3 Å². The van der Waals surface area contributed by atoms with E-state index >= 15 is 0 Å². The van der Waals surface area contributed by atoms with Gasteiger partial charge in [0.15, 0.2) is 0 Å². The SMILES string of the molecule is CCCCCCCCCCCCc1ccc(-c2ccccn2)cc1. The summed E-state index contributed by atoms with van der Waals surface area (Å²) >= 11 is 0. The highest BCUT2D eigenvalue weighted by atomic mass is 14.7. The Labute approximate surface area is 148 Å². The highest BCUT2D eigenvalue weighted by molar-refractivity contribution is 5.58. The van der Waals surface area contributed by atoms with Crippen molar-refractivity contribution in [3.63, 3.8) is 0 Å². The second-order valence-electron chi connectivity index (χ2n) is 6.84. The third kappa shape index (κ3) is 7.29. The van der Waals surface area contributed by atoms with Crippen molar-refractivity contribution in [3.8, 4) is 11.3 Å². The van der Waals surface area contributed by atoms with Crippen LogP contribution in [0.3, 0.4) is 0 Å². The van der Waals surface area contributed by atoms with Crippen LogP contribution in [0.2, 0.25) is 0 Å². The molecule has 0 bridgehead atoms. The third-order valence-electron chi connectivity index (χ3n) is 4.73. The van der Waals surface area contributed by atoms with Crippen molar-refractivity contribution in [3.05, 3.63) is 54.2 Å². The van der Waals surface area contributed by atoms with Crippen LogP contribution < -0.4 is 0 Å². The van der Waals surface area contributed by atoms with E-state index in [1.54, 1.807) is 0 Å². The van der Waals surface area contributed by atoms with E-state index in [1.165, 1.54) is 81.8 Å². The molecule has 0 atom stereocenters. The van der Waals surface area contributed by atoms with Crippen LogP contribution in [-0.4, -0.2) is 4.98 Å². The Balaban J connectivity index is 1.55. The molecule has 1 heterocycles. The normalized spacial score (nSPS) is 10.9. The van der Waals surface area contributed by atoms with E-state index in [1.807, 2.05) is 18.3 Å². The van der Waals surface area contributed by atoms with Gasteiger partial charge in [-0.15, -0.1) is 0 Å². The Bertz CT molecular complexity index is 530. The van der Waals surface area contributed by atoms with Crippen molar-refractivity contribution in [2.45, 2.75) is 77.6 Å². The van der Waals surface area contributed by atoms with E-state index in [2.05, 4.69) is 42.2 Å². The summed E-state index contributed by atoms with van der Waals surface area (Å²) in [6.07, 6.45) is 17.1. The van der Waals surface area contributed by atoms with Crippen molar-refractivity contribution in [1.29, 1.82) is 0 Å². The maximum absolute atomic E-state index is 4.41. The molecule has 130 valence electrons. The average Bonchev–Trinajstić information content (AvgIpc) is 2.64. The van der Waals surface area contributed by atoms with Gasteiger partial charge in [-0.05, 0) is 30.5 Å². The molecule has 1 aromatic heterocycles. The Hall–Kier alpha value is -1.63. The monoisotopic (exact) mass is 323 g/mol. The fourth-order valence-electron chi connectivity index (χ4n) is 3.19. The first-order valence-corrected chi connectivity index (χ1v) is 9.90. The molecule has 24 heavy (non-hydrogen) atoms. The number of pyridine rings is 1. The van der Waals surface area contributed by atoms with Crippen LogP contribution >= 0.6 is 0 Å². The summed E-state index contributed by atoms with van der Waals surface area (Å²) in [4.78, 5) is 4.41. The molecule has 1 heteroatoms. The quantitative estimate of drug-likeness (QED) is 0.376. The van der Waals surface area contributed by atoms with Gasteiger partial charge in [-0.3, -0.25) is 4.98 Å². The van der Waals surface area contributed by atoms with Crippen LogP contribution in [0.4, 0.5) is 0 Å². The predicted molar refractivity (Wildman–Crippen MR) is 105 cm³/mol. The average molecular weight is 324 g/mol. The Morgan fingerprint density at radius 3 is 1.88 bits per heavy atom. The van der Waals surface area contributed by atoms with E-state index in [0.29, 0.717) is 0 Å². The van der Waals surface area contributed by atoms with Crippen LogP contribution in [0.1, 0.15) is 76.7 Å². The lowest BCUT2D eigenvalue weighted by Gasteiger charge is -2.05.